The second-order valence-electron chi connectivity index (χ2n) is 6.23. The van der Waals surface area contributed by atoms with Crippen molar-refractivity contribution in [2.45, 2.75) is 36.1 Å². The second kappa shape index (κ2) is 7.97. The minimum absolute atomic E-state index is 0. The van der Waals surface area contributed by atoms with Crippen LogP contribution in [0.2, 0.25) is 0 Å². The van der Waals surface area contributed by atoms with Crippen molar-refractivity contribution in [2.24, 2.45) is 0 Å². The summed E-state index contributed by atoms with van der Waals surface area (Å²) < 4.78 is 4.67. The number of amides is 2. The van der Waals surface area contributed by atoms with Crippen molar-refractivity contribution in [1.82, 2.24) is 10.2 Å². The average molecular weight is 388 g/mol. The van der Waals surface area contributed by atoms with Crippen molar-refractivity contribution in [3.05, 3.63) is 30.3 Å². The molecule has 3 rings (SSSR count). The fourth-order valence-corrected chi connectivity index (χ4v) is 4.63. The molecule has 2 unspecified atom stereocenters. The van der Waals surface area contributed by atoms with Gasteiger partial charge in [0.25, 0.3) is 5.91 Å². The Balaban J connectivity index is 0.00000225. The van der Waals surface area contributed by atoms with Gasteiger partial charge in [-0.15, -0.1) is 11.8 Å². The van der Waals surface area contributed by atoms with E-state index in [9.17, 15) is 19.5 Å². The molecule has 7 nitrogen and oxygen atoms in total. The molecule has 1 N–H and O–H groups in total. The number of carboxylic acid groups (broad SMARTS) is 1. The average Bonchev–Trinajstić information content (AvgIpc) is 2.80. The van der Waals surface area contributed by atoms with Crippen LogP contribution in [-0.2, 0) is 14.4 Å². The molecule has 2 fully saturated rings. The first kappa shape index (κ1) is 20.7. The van der Waals surface area contributed by atoms with E-state index in [2.05, 4.69) is 5.32 Å². The normalized spacial score (nSPS) is 26.1. The quantitative estimate of drug-likeness (QED) is 0.413. The van der Waals surface area contributed by atoms with Crippen molar-refractivity contribution in [1.29, 1.82) is 0 Å². The molecule has 9 heteroatoms. The number of hydrogen-bond acceptors (Lipinski definition) is 6. The summed E-state index contributed by atoms with van der Waals surface area (Å²) in [5, 5.41) is 13.5. The van der Waals surface area contributed by atoms with Gasteiger partial charge in [0, 0.05) is 4.75 Å². The number of carboxylic acids is 1. The van der Waals surface area contributed by atoms with Crippen LogP contribution < -0.4 is 66.5 Å². The summed E-state index contributed by atoms with van der Waals surface area (Å²) >= 11 is 1.35. The zero-order valence-corrected chi connectivity index (χ0v) is 18.2. The standard InChI is InChI=1S/C16H18N2O5S.K/c1-16(2)12(15(21)22)18-13(20)11(14(18)24-16)17-10(19)8-23-9-6-4-3-5-7-9;/h3-7,11-12,14H,8H2,1-2H3,(H,17,19)(H,21,22);/q;+1/p-1/t11?,12?,14-;/m1./s1. The molecule has 2 aliphatic rings. The number of ether oxygens (including phenoxy) is 1. The molecular weight excluding hydrogens is 371 g/mol. The maximum atomic E-state index is 12.2. The Kier molecular flexibility index (Phi) is 6.61. The predicted octanol–water partition coefficient (Wildman–Crippen LogP) is -3.63. The van der Waals surface area contributed by atoms with E-state index in [1.807, 2.05) is 6.07 Å². The molecular formula is C16H17KN2O5S. The fraction of sp³-hybridized carbons (Fsp3) is 0.438. The number of nitrogens with one attached hydrogen (secondary N) is 1. The van der Waals surface area contributed by atoms with E-state index in [0.717, 1.165) is 0 Å². The summed E-state index contributed by atoms with van der Waals surface area (Å²) in [5.74, 6) is -1.55. The number of fused-ring (bicyclic) bond motifs is 1. The van der Waals surface area contributed by atoms with Gasteiger partial charge < -0.3 is 24.9 Å². The van der Waals surface area contributed by atoms with Gasteiger partial charge in [-0.25, -0.2) is 0 Å². The minimum atomic E-state index is -1.28. The van der Waals surface area contributed by atoms with Gasteiger partial charge in [0.1, 0.15) is 17.2 Å². The molecule has 0 radical (unpaired) electrons. The summed E-state index contributed by atoms with van der Waals surface area (Å²) in [5.41, 5.74) is 0. The molecule has 1 aromatic carbocycles. The Morgan fingerprint density at radius 3 is 2.56 bits per heavy atom. The SMILES string of the molecule is CC1(C)S[C@@H]2C(NC(=O)COc3ccccc3)C(=O)N2C1C(=O)[O-].[K+]. The van der Waals surface area contributed by atoms with Crippen molar-refractivity contribution < 1.29 is 75.6 Å². The molecule has 2 aliphatic heterocycles. The fourth-order valence-electron chi connectivity index (χ4n) is 3.01. The summed E-state index contributed by atoms with van der Waals surface area (Å²) in [6.45, 7) is 3.29. The van der Waals surface area contributed by atoms with Gasteiger partial charge in [0.05, 0.1) is 12.0 Å². The van der Waals surface area contributed by atoms with Crippen LogP contribution in [0.3, 0.4) is 0 Å². The van der Waals surface area contributed by atoms with Crippen molar-refractivity contribution in [2.75, 3.05) is 6.61 Å². The molecule has 0 saturated carbocycles. The number of benzene rings is 1. The molecule has 2 heterocycles. The van der Waals surface area contributed by atoms with E-state index in [1.165, 1.54) is 16.7 Å². The zero-order chi connectivity index (χ0) is 17.5. The maximum Gasteiger partial charge on any atom is 1.00 e. The minimum Gasteiger partial charge on any atom is -0.548 e. The number of nitrogens with zero attached hydrogens (tertiary/aromatic N) is 1. The molecule has 2 amide bonds. The summed E-state index contributed by atoms with van der Waals surface area (Å²) in [6, 6.07) is 7.14. The summed E-state index contributed by atoms with van der Waals surface area (Å²) in [7, 11) is 0. The molecule has 0 aromatic heterocycles. The van der Waals surface area contributed by atoms with Crippen LogP contribution in [0.5, 0.6) is 5.75 Å². The first-order chi connectivity index (χ1) is 11.3. The van der Waals surface area contributed by atoms with Gasteiger partial charge in [-0.1, -0.05) is 18.2 Å². The Hall–Kier alpha value is -0.584. The smallest absolute Gasteiger partial charge is 0.548 e. The number of carbonyl (C=O) groups excluding carboxylic acids is 3. The van der Waals surface area contributed by atoms with Crippen molar-refractivity contribution >= 4 is 29.5 Å². The van der Waals surface area contributed by atoms with Crippen LogP contribution in [0.4, 0.5) is 0 Å². The van der Waals surface area contributed by atoms with Crippen LogP contribution >= 0.6 is 11.8 Å². The third-order valence-electron chi connectivity index (χ3n) is 4.09. The van der Waals surface area contributed by atoms with E-state index in [-0.39, 0.29) is 58.0 Å². The number of aliphatic carboxylic acids is 1. The van der Waals surface area contributed by atoms with E-state index in [0.29, 0.717) is 5.75 Å². The molecule has 0 bridgehead atoms. The Morgan fingerprint density at radius 2 is 1.96 bits per heavy atom. The van der Waals surface area contributed by atoms with Crippen LogP contribution in [0, 0.1) is 0 Å². The first-order valence-electron chi connectivity index (χ1n) is 7.49. The van der Waals surface area contributed by atoms with Gasteiger partial charge in [-0.3, -0.25) is 9.59 Å². The van der Waals surface area contributed by atoms with Crippen LogP contribution in [0.25, 0.3) is 0 Å². The van der Waals surface area contributed by atoms with E-state index in [4.69, 9.17) is 4.74 Å². The van der Waals surface area contributed by atoms with Gasteiger partial charge in [0.15, 0.2) is 6.61 Å². The third kappa shape index (κ3) is 4.06. The third-order valence-corrected chi connectivity index (χ3v) is 5.67. The van der Waals surface area contributed by atoms with Gasteiger partial charge in [-0.2, -0.15) is 0 Å². The molecule has 3 atom stereocenters. The predicted molar refractivity (Wildman–Crippen MR) is 85.0 cm³/mol. The van der Waals surface area contributed by atoms with Crippen LogP contribution in [0.15, 0.2) is 30.3 Å². The Labute approximate surface area is 192 Å². The van der Waals surface area contributed by atoms with Crippen LogP contribution in [-0.4, -0.2) is 51.5 Å². The van der Waals surface area contributed by atoms with Crippen molar-refractivity contribution in [3.8, 4) is 5.75 Å². The second-order valence-corrected chi connectivity index (χ2v) is 8.00. The zero-order valence-electron chi connectivity index (χ0n) is 14.2. The largest absolute Gasteiger partial charge is 1.00 e. The number of para-hydroxylation sites is 1. The first-order valence-corrected chi connectivity index (χ1v) is 8.37. The molecule has 2 saturated heterocycles. The van der Waals surface area contributed by atoms with Crippen LogP contribution in [0.1, 0.15) is 13.8 Å². The molecule has 0 aliphatic carbocycles. The number of hydrogen-bond donors (Lipinski definition) is 1. The number of carbonyl (C=O) groups is 3. The number of thioether (sulfide) groups is 1. The van der Waals surface area contributed by atoms with E-state index < -0.39 is 40.0 Å². The monoisotopic (exact) mass is 388 g/mol. The maximum absolute atomic E-state index is 12.2. The van der Waals surface area contributed by atoms with Crippen molar-refractivity contribution in [3.63, 3.8) is 0 Å². The Bertz CT molecular complexity index is 684. The Morgan fingerprint density at radius 1 is 1.32 bits per heavy atom. The summed E-state index contributed by atoms with van der Waals surface area (Å²) in [4.78, 5) is 36.8. The van der Waals surface area contributed by atoms with E-state index in [1.54, 1.807) is 38.1 Å². The van der Waals surface area contributed by atoms with Gasteiger partial charge in [0.2, 0.25) is 5.91 Å². The number of β-lactam (4-membered cyclic amide) rings is 1. The number of rotatable bonds is 5. The molecule has 128 valence electrons. The summed E-state index contributed by atoms with van der Waals surface area (Å²) in [6.07, 6.45) is 0. The molecule has 25 heavy (non-hydrogen) atoms. The van der Waals surface area contributed by atoms with E-state index >= 15 is 0 Å². The van der Waals surface area contributed by atoms with Gasteiger partial charge >= 0.3 is 51.4 Å². The topological polar surface area (TPSA) is 98.8 Å². The molecule has 0 spiro atoms. The van der Waals surface area contributed by atoms with Gasteiger partial charge in [-0.05, 0) is 26.0 Å². The molecule has 1 aromatic rings.